The highest BCUT2D eigenvalue weighted by Gasteiger charge is 2.26. The molecule has 0 saturated carbocycles. The zero-order valence-electron chi connectivity index (χ0n) is 42.0. The van der Waals surface area contributed by atoms with Crippen molar-refractivity contribution < 1.29 is 37.6 Å². The molecule has 0 fully saturated rings. The normalized spacial score (nSPS) is 13.6. The van der Waals surface area contributed by atoms with Crippen LogP contribution >= 0.6 is 7.82 Å². The van der Waals surface area contributed by atoms with Gasteiger partial charge in [0.25, 0.3) is 0 Å². The van der Waals surface area contributed by atoms with Crippen molar-refractivity contribution in [2.75, 3.05) is 26.4 Å². The molecule has 0 aliphatic rings. The zero-order chi connectivity index (χ0) is 47.4. The van der Waals surface area contributed by atoms with Crippen LogP contribution in [0.25, 0.3) is 0 Å². The second-order valence-corrected chi connectivity index (χ2v) is 19.2. The summed E-state index contributed by atoms with van der Waals surface area (Å²) in [7, 11) is -4.39. The maximum absolute atomic E-state index is 12.6. The first-order valence-electron chi connectivity index (χ1n) is 26.8. The van der Waals surface area contributed by atoms with Gasteiger partial charge in [-0.3, -0.25) is 18.6 Å². The highest BCUT2D eigenvalue weighted by molar-refractivity contribution is 7.47. The lowest BCUT2D eigenvalue weighted by Crippen LogP contribution is -2.29. The molecule has 0 spiro atoms. The van der Waals surface area contributed by atoms with Gasteiger partial charge in [0.2, 0.25) is 0 Å². The van der Waals surface area contributed by atoms with Crippen molar-refractivity contribution >= 4 is 19.8 Å². The molecule has 0 amide bonds. The zero-order valence-corrected chi connectivity index (χ0v) is 42.9. The van der Waals surface area contributed by atoms with Crippen LogP contribution in [0.5, 0.6) is 0 Å². The molecule has 0 aliphatic heterocycles. The van der Waals surface area contributed by atoms with Gasteiger partial charge in [-0.1, -0.05) is 216 Å². The van der Waals surface area contributed by atoms with Crippen molar-refractivity contribution in [1.29, 1.82) is 0 Å². The van der Waals surface area contributed by atoms with Crippen LogP contribution in [-0.4, -0.2) is 49.3 Å². The van der Waals surface area contributed by atoms with E-state index in [1.807, 2.05) is 0 Å². The molecule has 0 radical (unpaired) electrons. The van der Waals surface area contributed by atoms with E-state index in [-0.39, 0.29) is 38.6 Å². The first-order chi connectivity index (χ1) is 31.8. The topological polar surface area (TPSA) is 134 Å². The number of rotatable bonds is 50. The van der Waals surface area contributed by atoms with Crippen LogP contribution in [0, 0.1) is 0 Å². The van der Waals surface area contributed by atoms with E-state index in [4.69, 9.17) is 24.3 Å². The average molecular weight is 934 g/mol. The van der Waals surface area contributed by atoms with Crippen molar-refractivity contribution in [2.24, 2.45) is 5.73 Å². The number of nitrogens with two attached hydrogens (primary N) is 1. The van der Waals surface area contributed by atoms with E-state index in [9.17, 15) is 19.0 Å². The molecule has 0 aromatic carbocycles. The van der Waals surface area contributed by atoms with Crippen LogP contribution in [0.3, 0.4) is 0 Å². The van der Waals surface area contributed by atoms with Crippen molar-refractivity contribution in [2.45, 2.75) is 251 Å². The van der Waals surface area contributed by atoms with Gasteiger partial charge in [-0.05, 0) is 77.0 Å². The number of phosphoric acid groups is 1. The van der Waals surface area contributed by atoms with Crippen molar-refractivity contribution in [3.8, 4) is 0 Å². The summed E-state index contributed by atoms with van der Waals surface area (Å²) in [4.78, 5) is 35.1. The van der Waals surface area contributed by atoms with Gasteiger partial charge in [0, 0.05) is 19.4 Å². The molecule has 3 N–H and O–H groups in total. The van der Waals surface area contributed by atoms with E-state index < -0.39 is 26.5 Å². The number of hydrogen-bond donors (Lipinski definition) is 2. The predicted octanol–water partition coefficient (Wildman–Crippen LogP) is 16.4. The summed E-state index contributed by atoms with van der Waals surface area (Å²) in [5.74, 6) is -0.835. The second-order valence-electron chi connectivity index (χ2n) is 17.7. The molecule has 0 aliphatic carbocycles. The van der Waals surface area contributed by atoms with Crippen LogP contribution in [-0.2, 0) is 32.7 Å². The number of unbranched alkanes of at least 4 members (excludes halogenated alkanes) is 27. The fourth-order valence-electron chi connectivity index (χ4n) is 7.45. The fourth-order valence-corrected chi connectivity index (χ4v) is 8.21. The lowest BCUT2D eigenvalue weighted by atomic mass is 10.0. The first kappa shape index (κ1) is 62.7. The number of phosphoric ester groups is 1. The Labute approximate surface area is 399 Å². The molecule has 10 heteroatoms. The summed E-state index contributed by atoms with van der Waals surface area (Å²) < 4.78 is 32.9. The molecule has 0 rings (SSSR count). The molecular weight excluding hydrogens is 834 g/mol. The van der Waals surface area contributed by atoms with Crippen LogP contribution in [0.2, 0.25) is 0 Å². The maximum Gasteiger partial charge on any atom is 0.472 e. The molecule has 0 aromatic rings. The highest BCUT2D eigenvalue weighted by atomic mass is 31.2. The lowest BCUT2D eigenvalue weighted by molar-refractivity contribution is -0.161. The van der Waals surface area contributed by atoms with Crippen LogP contribution in [0.15, 0.2) is 60.8 Å². The van der Waals surface area contributed by atoms with Gasteiger partial charge in [-0.2, -0.15) is 0 Å². The van der Waals surface area contributed by atoms with Crippen molar-refractivity contribution in [1.82, 2.24) is 0 Å². The van der Waals surface area contributed by atoms with E-state index in [1.165, 1.54) is 141 Å². The fraction of sp³-hybridized carbons (Fsp3) is 0.782. The van der Waals surface area contributed by atoms with Crippen LogP contribution < -0.4 is 5.73 Å². The molecule has 65 heavy (non-hydrogen) atoms. The second kappa shape index (κ2) is 51.1. The van der Waals surface area contributed by atoms with E-state index in [0.29, 0.717) is 6.42 Å². The van der Waals surface area contributed by atoms with Gasteiger partial charge in [0.05, 0.1) is 13.2 Å². The molecular formula is C55H100NO8P. The minimum Gasteiger partial charge on any atom is -0.462 e. The summed E-state index contributed by atoms with van der Waals surface area (Å²) >= 11 is 0. The highest BCUT2D eigenvalue weighted by Crippen LogP contribution is 2.43. The largest absolute Gasteiger partial charge is 0.472 e. The van der Waals surface area contributed by atoms with Crippen LogP contribution in [0.4, 0.5) is 0 Å². The third-order valence-electron chi connectivity index (χ3n) is 11.4. The Hall–Kier alpha value is -2.29. The minimum absolute atomic E-state index is 0.0501. The Balaban J connectivity index is 3.97. The smallest absolute Gasteiger partial charge is 0.462 e. The number of esters is 2. The quantitative estimate of drug-likeness (QED) is 0.0265. The number of ether oxygens (including phenoxy) is 2. The third-order valence-corrected chi connectivity index (χ3v) is 12.4. The van der Waals surface area contributed by atoms with E-state index >= 15 is 0 Å². The molecule has 2 unspecified atom stereocenters. The molecule has 378 valence electrons. The van der Waals surface area contributed by atoms with Gasteiger partial charge in [-0.15, -0.1) is 0 Å². The molecule has 0 bridgehead atoms. The molecule has 0 heterocycles. The summed E-state index contributed by atoms with van der Waals surface area (Å²) in [5, 5.41) is 0. The molecule has 0 aromatic heterocycles. The summed E-state index contributed by atoms with van der Waals surface area (Å²) in [6.45, 7) is 3.63. The molecule has 9 nitrogen and oxygen atoms in total. The SMILES string of the molecule is CC/C=C\C/C=C\C/C=C\CCCCCCCCCC(=O)OC(COC(=O)CCCCCCCCCCCCCCCCC/C=C\C/C=C\CCCCCCC)COP(=O)(O)OCCN. The summed E-state index contributed by atoms with van der Waals surface area (Å²) in [6, 6.07) is 0. The average Bonchev–Trinajstić information content (AvgIpc) is 3.30. The van der Waals surface area contributed by atoms with E-state index in [0.717, 1.165) is 70.6 Å². The Morgan fingerprint density at radius 1 is 0.477 bits per heavy atom. The number of hydrogen-bond acceptors (Lipinski definition) is 8. The predicted molar refractivity (Wildman–Crippen MR) is 275 cm³/mol. The van der Waals surface area contributed by atoms with Gasteiger partial charge in [-0.25, -0.2) is 4.57 Å². The molecule has 2 atom stereocenters. The Morgan fingerprint density at radius 2 is 0.846 bits per heavy atom. The summed E-state index contributed by atoms with van der Waals surface area (Å²) in [6.07, 6.45) is 62.7. The van der Waals surface area contributed by atoms with Crippen molar-refractivity contribution in [3.63, 3.8) is 0 Å². The minimum atomic E-state index is -4.39. The van der Waals surface area contributed by atoms with Gasteiger partial charge >= 0.3 is 19.8 Å². The Kier molecular flexibility index (Phi) is 49.3. The van der Waals surface area contributed by atoms with Gasteiger partial charge in [0.1, 0.15) is 6.61 Å². The van der Waals surface area contributed by atoms with Crippen molar-refractivity contribution in [3.05, 3.63) is 60.8 Å². The monoisotopic (exact) mass is 934 g/mol. The van der Waals surface area contributed by atoms with Gasteiger partial charge in [0.15, 0.2) is 6.10 Å². The van der Waals surface area contributed by atoms with E-state index in [2.05, 4.69) is 74.6 Å². The lowest BCUT2D eigenvalue weighted by Gasteiger charge is -2.19. The Morgan fingerprint density at radius 3 is 1.26 bits per heavy atom. The Bertz CT molecular complexity index is 1250. The van der Waals surface area contributed by atoms with E-state index in [1.54, 1.807) is 0 Å². The molecule has 0 saturated heterocycles. The first-order valence-corrected chi connectivity index (χ1v) is 28.3. The third kappa shape index (κ3) is 51.0. The number of carbonyl (C=O) groups is 2. The maximum atomic E-state index is 12.6. The summed E-state index contributed by atoms with van der Waals surface area (Å²) in [5.41, 5.74) is 5.37. The number of allylic oxidation sites excluding steroid dienone is 10. The van der Waals surface area contributed by atoms with Gasteiger partial charge < -0.3 is 20.1 Å². The standard InChI is InChI=1S/C55H100NO8P/c1-3-5-7-9-11-13-15-17-19-21-22-23-24-25-26-27-28-29-30-32-33-35-37-39-41-43-45-47-54(57)61-51-53(52-63-65(59,60)62-50-49-56)64-55(58)48-46-44-42-40-38-36-34-31-20-18-16-14-12-10-8-6-4-2/h6,8,12,14-15,17-18,20-22,53H,3-5,7,9-11,13,16,19,23-52,56H2,1-2H3,(H,59,60)/b8-6-,14-12-,17-15-,20-18-,22-21-. The number of carbonyl (C=O) groups excluding carboxylic acids is 2. The van der Waals surface area contributed by atoms with Crippen LogP contribution in [0.1, 0.15) is 245 Å².